The second-order valence-electron chi connectivity index (χ2n) is 3.29. The van der Waals surface area contributed by atoms with Crippen LogP contribution in [0.4, 0.5) is 20.2 Å². The standard InChI is InChI=1S/C11H9F2N3/c12-8-2-1-6(10(13)11(8)15)7-5-16-4-3-9(7)14/h1-5H,15H2,(H2,14,16). The molecule has 2 rings (SSSR count). The molecule has 0 saturated carbocycles. The van der Waals surface area contributed by atoms with Crippen molar-refractivity contribution in [3.05, 3.63) is 42.2 Å². The van der Waals surface area contributed by atoms with E-state index in [0.29, 0.717) is 11.3 Å². The Morgan fingerprint density at radius 1 is 1.00 bits per heavy atom. The number of nitrogens with two attached hydrogens (primary N) is 2. The summed E-state index contributed by atoms with van der Waals surface area (Å²) >= 11 is 0. The molecule has 4 N–H and O–H groups in total. The smallest absolute Gasteiger partial charge is 0.157 e. The number of benzene rings is 1. The fourth-order valence-electron chi connectivity index (χ4n) is 1.41. The maximum atomic E-state index is 13.7. The van der Waals surface area contributed by atoms with Gasteiger partial charge in [-0.05, 0) is 18.2 Å². The van der Waals surface area contributed by atoms with E-state index in [9.17, 15) is 8.78 Å². The number of anilines is 2. The van der Waals surface area contributed by atoms with Crippen molar-refractivity contribution in [2.45, 2.75) is 0 Å². The summed E-state index contributed by atoms with van der Waals surface area (Å²) in [5, 5.41) is 0. The van der Waals surface area contributed by atoms with Crippen molar-refractivity contribution in [2.75, 3.05) is 11.5 Å². The van der Waals surface area contributed by atoms with Crippen molar-refractivity contribution in [3.8, 4) is 11.1 Å². The number of pyridine rings is 1. The number of nitrogen functional groups attached to an aromatic ring is 2. The molecule has 82 valence electrons. The Balaban J connectivity index is 2.66. The summed E-state index contributed by atoms with van der Waals surface area (Å²) in [4.78, 5) is 3.83. The Kier molecular flexibility index (Phi) is 2.44. The lowest BCUT2D eigenvalue weighted by molar-refractivity contribution is 0.594. The van der Waals surface area contributed by atoms with Crippen molar-refractivity contribution in [1.82, 2.24) is 4.98 Å². The van der Waals surface area contributed by atoms with Crippen LogP contribution in [0.25, 0.3) is 11.1 Å². The van der Waals surface area contributed by atoms with Gasteiger partial charge in [-0.1, -0.05) is 0 Å². The van der Waals surface area contributed by atoms with E-state index in [1.165, 1.54) is 24.5 Å². The van der Waals surface area contributed by atoms with Gasteiger partial charge in [-0.15, -0.1) is 0 Å². The molecule has 0 aliphatic heterocycles. The summed E-state index contributed by atoms with van der Waals surface area (Å²) in [6.45, 7) is 0. The Bertz CT molecular complexity index is 541. The molecule has 2 aromatic rings. The predicted molar refractivity (Wildman–Crippen MR) is 58.4 cm³/mol. The fraction of sp³-hybridized carbons (Fsp3) is 0. The third-order valence-electron chi connectivity index (χ3n) is 2.27. The van der Waals surface area contributed by atoms with Gasteiger partial charge < -0.3 is 11.5 Å². The molecule has 0 spiro atoms. The van der Waals surface area contributed by atoms with Crippen molar-refractivity contribution in [2.24, 2.45) is 0 Å². The van der Waals surface area contributed by atoms with Gasteiger partial charge in [0, 0.05) is 29.2 Å². The molecule has 1 aromatic carbocycles. The van der Waals surface area contributed by atoms with Crippen LogP contribution in [0.3, 0.4) is 0 Å². The Morgan fingerprint density at radius 2 is 1.75 bits per heavy atom. The van der Waals surface area contributed by atoms with E-state index in [1.807, 2.05) is 0 Å². The highest BCUT2D eigenvalue weighted by Crippen LogP contribution is 2.30. The van der Waals surface area contributed by atoms with Crippen LogP contribution in [-0.4, -0.2) is 4.98 Å². The first-order valence-corrected chi connectivity index (χ1v) is 4.54. The van der Waals surface area contributed by atoms with E-state index in [0.717, 1.165) is 6.07 Å². The topological polar surface area (TPSA) is 64.9 Å². The molecule has 3 nitrogen and oxygen atoms in total. The SMILES string of the molecule is Nc1ccncc1-c1ccc(F)c(N)c1F. The first-order chi connectivity index (χ1) is 7.61. The second-order valence-corrected chi connectivity index (χ2v) is 3.29. The monoisotopic (exact) mass is 221 g/mol. The molecule has 0 amide bonds. The molecule has 0 atom stereocenters. The Hall–Kier alpha value is -2.17. The average molecular weight is 221 g/mol. The number of hydrogen-bond donors (Lipinski definition) is 2. The van der Waals surface area contributed by atoms with Gasteiger partial charge in [0.25, 0.3) is 0 Å². The minimum absolute atomic E-state index is 0.143. The molecule has 1 heterocycles. The van der Waals surface area contributed by atoms with E-state index in [4.69, 9.17) is 11.5 Å². The average Bonchev–Trinajstić information content (AvgIpc) is 2.28. The number of rotatable bonds is 1. The van der Waals surface area contributed by atoms with Gasteiger partial charge in [0.05, 0.1) is 0 Å². The molecule has 0 radical (unpaired) electrons. The number of hydrogen-bond acceptors (Lipinski definition) is 3. The summed E-state index contributed by atoms with van der Waals surface area (Å²) in [5.74, 6) is -1.61. The van der Waals surface area contributed by atoms with Crippen LogP contribution in [0.2, 0.25) is 0 Å². The predicted octanol–water partition coefficient (Wildman–Crippen LogP) is 2.19. The highest BCUT2D eigenvalue weighted by atomic mass is 19.1. The molecule has 0 unspecified atom stereocenters. The molecule has 5 heteroatoms. The number of nitrogens with zero attached hydrogens (tertiary/aromatic N) is 1. The van der Waals surface area contributed by atoms with Crippen molar-refractivity contribution in [3.63, 3.8) is 0 Å². The first kappa shape index (κ1) is 10.4. The maximum Gasteiger partial charge on any atom is 0.157 e. The van der Waals surface area contributed by atoms with Gasteiger partial charge in [0.15, 0.2) is 5.82 Å². The molecule has 16 heavy (non-hydrogen) atoms. The largest absolute Gasteiger partial charge is 0.398 e. The van der Waals surface area contributed by atoms with Gasteiger partial charge in [0.1, 0.15) is 11.5 Å². The second kappa shape index (κ2) is 3.77. The Labute approximate surface area is 90.7 Å². The summed E-state index contributed by atoms with van der Waals surface area (Å²) in [7, 11) is 0. The van der Waals surface area contributed by atoms with Crippen LogP contribution in [0, 0.1) is 11.6 Å². The highest BCUT2D eigenvalue weighted by molar-refractivity contribution is 5.77. The lowest BCUT2D eigenvalue weighted by Gasteiger charge is -2.08. The molecule has 1 aromatic heterocycles. The van der Waals surface area contributed by atoms with Crippen LogP contribution < -0.4 is 11.5 Å². The molecule has 0 bridgehead atoms. The van der Waals surface area contributed by atoms with Crippen molar-refractivity contribution < 1.29 is 8.78 Å². The summed E-state index contributed by atoms with van der Waals surface area (Å²) in [6.07, 6.45) is 2.90. The highest BCUT2D eigenvalue weighted by Gasteiger charge is 2.13. The molecule has 0 fully saturated rings. The van der Waals surface area contributed by atoms with Crippen molar-refractivity contribution >= 4 is 11.4 Å². The van der Waals surface area contributed by atoms with Crippen LogP contribution in [0.15, 0.2) is 30.6 Å². The lowest BCUT2D eigenvalue weighted by Crippen LogP contribution is -1.99. The number of aromatic nitrogens is 1. The van der Waals surface area contributed by atoms with Gasteiger partial charge in [-0.25, -0.2) is 8.78 Å². The minimum Gasteiger partial charge on any atom is -0.398 e. The summed E-state index contributed by atoms with van der Waals surface area (Å²) < 4.78 is 26.6. The summed E-state index contributed by atoms with van der Waals surface area (Å²) in [6, 6.07) is 3.92. The van der Waals surface area contributed by atoms with Crippen LogP contribution in [-0.2, 0) is 0 Å². The van der Waals surface area contributed by atoms with Crippen molar-refractivity contribution in [1.29, 1.82) is 0 Å². The van der Waals surface area contributed by atoms with E-state index in [2.05, 4.69) is 4.98 Å². The van der Waals surface area contributed by atoms with E-state index < -0.39 is 17.3 Å². The van der Waals surface area contributed by atoms with Gasteiger partial charge >= 0.3 is 0 Å². The van der Waals surface area contributed by atoms with E-state index in [1.54, 1.807) is 0 Å². The van der Waals surface area contributed by atoms with Crippen LogP contribution in [0.5, 0.6) is 0 Å². The number of halogens is 2. The quantitative estimate of drug-likeness (QED) is 0.725. The zero-order chi connectivity index (χ0) is 11.7. The first-order valence-electron chi connectivity index (χ1n) is 4.54. The lowest BCUT2D eigenvalue weighted by atomic mass is 10.0. The van der Waals surface area contributed by atoms with Crippen LogP contribution >= 0.6 is 0 Å². The zero-order valence-corrected chi connectivity index (χ0v) is 8.24. The minimum atomic E-state index is -0.820. The molecular formula is C11H9F2N3. The molecule has 0 aliphatic carbocycles. The Morgan fingerprint density at radius 3 is 2.44 bits per heavy atom. The van der Waals surface area contributed by atoms with Gasteiger partial charge in [0.2, 0.25) is 0 Å². The third-order valence-corrected chi connectivity index (χ3v) is 2.27. The maximum absolute atomic E-state index is 13.7. The summed E-state index contributed by atoms with van der Waals surface area (Å²) in [5.41, 5.74) is 11.3. The molecular weight excluding hydrogens is 212 g/mol. The normalized spacial score (nSPS) is 10.4. The molecule has 0 saturated heterocycles. The van der Waals surface area contributed by atoms with Gasteiger partial charge in [-0.3, -0.25) is 4.98 Å². The van der Waals surface area contributed by atoms with E-state index >= 15 is 0 Å². The van der Waals surface area contributed by atoms with Gasteiger partial charge in [-0.2, -0.15) is 0 Å². The van der Waals surface area contributed by atoms with E-state index in [-0.39, 0.29) is 5.56 Å². The van der Waals surface area contributed by atoms with Crippen LogP contribution in [0.1, 0.15) is 0 Å². The molecule has 0 aliphatic rings. The third kappa shape index (κ3) is 1.56. The zero-order valence-electron chi connectivity index (χ0n) is 8.24. The fourth-order valence-corrected chi connectivity index (χ4v) is 1.41.